The van der Waals surface area contributed by atoms with E-state index in [2.05, 4.69) is 4.90 Å². The summed E-state index contributed by atoms with van der Waals surface area (Å²) in [5.41, 5.74) is -2.35. The molecule has 4 aliphatic rings. The summed E-state index contributed by atoms with van der Waals surface area (Å²) in [7, 11) is 2.01. The third-order valence-electron chi connectivity index (χ3n) is 4.19. The zero-order valence-electron chi connectivity index (χ0n) is 7.89. The molecule has 2 heterocycles. The molecule has 0 spiro atoms. The van der Waals surface area contributed by atoms with E-state index < -0.39 is 11.3 Å². The van der Waals surface area contributed by atoms with Crippen molar-refractivity contribution < 1.29 is 8.78 Å². The molecule has 3 heteroatoms. The second kappa shape index (κ2) is 2.08. The molecular formula is C10H15F2N. The van der Waals surface area contributed by atoms with Crippen molar-refractivity contribution in [3.8, 4) is 0 Å². The predicted octanol–water partition coefficient (Wildman–Crippen LogP) is 2.06. The molecule has 0 amide bonds. The van der Waals surface area contributed by atoms with Crippen LogP contribution in [0.25, 0.3) is 0 Å². The number of nitrogens with zero attached hydrogens (tertiary/aromatic N) is 1. The van der Waals surface area contributed by atoms with Crippen LogP contribution in [0.3, 0.4) is 0 Å². The van der Waals surface area contributed by atoms with Gasteiger partial charge in [-0.05, 0) is 32.7 Å². The summed E-state index contributed by atoms with van der Waals surface area (Å²) in [5, 5.41) is 0. The highest BCUT2D eigenvalue weighted by Crippen LogP contribution is 2.56. The Hall–Kier alpha value is -0.180. The normalized spacial score (nSPS) is 60.2. The molecule has 2 aliphatic heterocycles. The summed E-state index contributed by atoms with van der Waals surface area (Å²) < 4.78 is 28.1. The Morgan fingerprint density at radius 3 is 1.77 bits per heavy atom. The quantitative estimate of drug-likeness (QED) is 0.561. The van der Waals surface area contributed by atoms with Crippen LogP contribution in [-0.2, 0) is 0 Å². The molecule has 0 unspecified atom stereocenters. The maximum absolute atomic E-state index is 14.0. The molecule has 74 valence electrons. The van der Waals surface area contributed by atoms with Gasteiger partial charge in [-0.25, -0.2) is 8.78 Å². The van der Waals surface area contributed by atoms with Gasteiger partial charge in [0.25, 0.3) is 0 Å². The maximum Gasteiger partial charge on any atom is 0.117 e. The van der Waals surface area contributed by atoms with E-state index in [0.29, 0.717) is 25.7 Å². The Morgan fingerprint density at radius 1 is 1.00 bits per heavy atom. The molecule has 13 heavy (non-hydrogen) atoms. The number of rotatable bonds is 0. The van der Waals surface area contributed by atoms with Gasteiger partial charge in [-0.2, -0.15) is 0 Å². The molecule has 2 saturated heterocycles. The monoisotopic (exact) mass is 187 g/mol. The van der Waals surface area contributed by atoms with Crippen LogP contribution < -0.4 is 0 Å². The van der Waals surface area contributed by atoms with Gasteiger partial charge in [0.1, 0.15) is 11.3 Å². The molecule has 2 aliphatic carbocycles. The lowest BCUT2D eigenvalue weighted by Crippen LogP contribution is -2.66. The minimum atomic E-state index is -1.17. The lowest BCUT2D eigenvalue weighted by atomic mass is 9.60. The third-order valence-corrected chi connectivity index (χ3v) is 4.19. The number of hydrogen-bond donors (Lipinski definition) is 0. The summed E-state index contributed by atoms with van der Waals surface area (Å²) in [5.74, 6) is 0. The lowest BCUT2D eigenvalue weighted by molar-refractivity contribution is -0.159. The summed E-state index contributed by atoms with van der Waals surface area (Å²) >= 11 is 0. The van der Waals surface area contributed by atoms with E-state index in [1.807, 2.05) is 7.05 Å². The maximum atomic E-state index is 14.0. The van der Waals surface area contributed by atoms with Crippen LogP contribution in [0, 0.1) is 0 Å². The Labute approximate surface area is 77.1 Å². The predicted molar refractivity (Wildman–Crippen MR) is 46.1 cm³/mol. The fourth-order valence-electron chi connectivity index (χ4n) is 3.73. The Kier molecular flexibility index (Phi) is 1.30. The van der Waals surface area contributed by atoms with Gasteiger partial charge in [0.05, 0.1) is 0 Å². The van der Waals surface area contributed by atoms with Crippen molar-refractivity contribution in [1.29, 1.82) is 0 Å². The summed E-state index contributed by atoms with van der Waals surface area (Å²) in [4.78, 5) is 2.19. The van der Waals surface area contributed by atoms with Crippen molar-refractivity contribution in [3.63, 3.8) is 0 Å². The lowest BCUT2D eigenvalue weighted by Gasteiger charge is -2.59. The average Bonchev–Trinajstić information content (AvgIpc) is 1.94. The minimum Gasteiger partial charge on any atom is -0.300 e. The summed E-state index contributed by atoms with van der Waals surface area (Å²) in [6.07, 6.45) is 2.41. The first-order chi connectivity index (χ1) is 6.00. The molecule has 0 aromatic carbocycles. The van der Waals surface area contributed by atoms with Gasteiger partial charge >= 0.3 is 0 Å². The number of halogens is 2. The van der Waals surface area contributed by atoms with Crippen molar-refractivity contribution in [2.45, 2.75) is 55.5 Å². The van der Waals surface area contributed by atoms with E-state index in [1.165, 1.54) is 0 Å². The highest BCUT2D eigenvalue weighted by molar-refractivity contribution is 5.13. The molecule has 2 saturated carbocycles. The standard InChI is InChI=1S/C10H15F2N/c1-13-7-2-9(11)4-8(13)5-10(12,3-7)6-9/h7-8H,2-6H2,1H3. The van der Waals surface area contributed by atoms with Crippen molar-refractivity contribution in [3.05, 3.63) is 0 Å². The van der Waals surface area contributed by atoms with Crippen molar-refractivity contribution >= 4 is 0 Å². The second-order valence-corrected chi connectivity index (χ2v) is 5.27. The van der Waals surface area contributed by atoms with Crippen LogP contribution in [0.1, 0.15) is 32.1 Å². The smallest absolute Gasteiger partial charge is 0.117 e. The van der Waals surface area contributed by atoms with Gasteiger partial charge in [0.15, 0.2) is 0 Å². The van der Waals surface area contributed by atoms with E-state index in [1.54, 1.807) is 0 Å². The fraction of sp³-hybridized carbons (Fsp3) is 1.00. The van der Waals surface area contributed by atoms with Gasteiger partial charge in [-0.3, -0.25) is 4.90 Å². The molecule has 0 aromatic rings. The van der Waals surface area contributed by atoms with Crippen molar-refractivity contribution in [1.82, 2.24) is 4.90 Å². The molecule has 0 radical (unpaired) electrons. The molecule has 4 fully saturated rings. The molecule has 1 nitrogen and oxygen atoms in total. The average molecular weight is 187 g/mol. The van der Waals surface area contributed by atoms with Crippen LogP contribution in [0.4, 0.5) is 8.78 Å². The van der Waals surface area contributed by atoms with Crippen LogP contribution in [0.15, 0.2) is 0 Å². The first-order valence-corrected chi connectivity index (χ1v) is 5.10. The Morgan fingerprint density at radius 2 is 1.38 bits per heavy atom. The second-order valence-electron chi connectivity index (χ2n) is 5.27. The first-order valence-electron chi connectivity index (χ1n) is 5.10. The third kappa shape index (κ3) is 0.997. The SMILES string of the molecule is CN1C2CC3(F)CC1CC(F)(C2)C3. The van der Waals surface area contributed by atoms with Gasteiger partial charge in [0.2, 0.25) is 0 Å². The Balaban J connectivity index is 1.99. The number of hydrogen-bond acceptors (Lipinski definition) is 1. The van der Waals surface area contributed by atoms with E-state index in [9.17, 15) is 8.78 Å². The molecule has 0 atom stereocenters. The summed E-state index contributed by atoms with van der Waals surface area (Å²) in [6.45, 7) is 0. The topological polar surface area (TPSA) is 3.24 Å². The summed E-state index contributed by atoms with van der Waals surface area (Å²) in [6, 6.07) is 0.326. The first kappa shape index (κ1) is 8.16. The van der Waals surface area contributed by atoms with Crippen molar-refractivity contribution in [2.75, 3.05) is 7.05 Å². The minimum absolute atomic E-state index is 0.163. The van der Waals surface area contributed by atoms with Crippen LogP contribution in [0.2, 0.25) is 0 Å². The van der Waals surface area contributed by atoms with Crippen LogP contribution >= 0.6 is 0 Å². The molecule has 4 bridgehead atoms. The van der Waals surface area contributed by atoms with Gasteiger partial charge in [0, 0.05) is 18.5 Å². The van der Waals surface area contributed by atoms with Gasteiger partial charge < -0.3 is 0 Å². The zero-order chi connectivity index (χ0) is 9.27. The van der Waals surface area contributed by atoms with Gasteiger partial charge in [-0.15, -0.1) is 0 Å². The number of piperidine rings is 2. The highest BCUT2D eigenvalue weighted by Gasteiger charge is 2.60. The highest BCUT2D eigenvalue weighted by atomic mass is 19.2. The molecular weight excluding hydrogens is 172 g/mol. The molecule has 4 rings (SSSR count). The van der Waals surface area contributed by atoms with E-state index in [0.717, 1.165) is 0 Å². The van der Waals surface area contributed by atoms with E-state index in [4.69, 9.17) is 0 Å². The van der Waals surface area contributed by atoms with E-state index in [-0.39, 0.29) is 18.5 Å². The Bertz CT molecular complexity index is 217. The van der Waals surface area contributed by atoms with Crippen LogP contribution in [0.5, 0.6) is 0 Å². The fourth-order valence-corrected chi connectivity index (χ4v) is 3.73. The van der Waals surface area contributed by atoms with E-state index >= 15 is 0 Å². The molecule has 0 N–H and O–H groups in total. The van der Waals surface area contributed by atoms with Crippen LogP contribution in [-0.4, -0.2) is 35.4 Å². The number of alkyl halides is 2. The van der Waals surface area contributed by atoms with Gasteiger partial charge in [-0.1, -0.05) is 0 Å². The van der Waals surface area contributed by atoms with Crippen molar-refractivity contribution in [2.24, 2.45) is 0 Å². The molecule has 0 aromatic heterocycles. The largest absolute Gasteiger partial charge is 0.300 e. The zero-order valence-corrected chi connectivity index (χ0v) is 7.89.